The smallest absolute Gasteiger partial charge is 0.318 e. The van der Waals surface area contributed by atoms with E-state index >= 15 is 0 Å². The summed E-state index contributed by atoms with van der Waals surface area (Å²) < 4.78 is 7.57. The van der Waals surface area contributed by atoms with Crippen molar-refractivity contribution in [2.75, 3.05) is 25.0 Å². The van der Waals surface area contributed by atoms with Crippen molar-refractivity contribution < 1.29 is 14.3 Å². The summed E-state index contributed by atoms with van der Waals surface area (Å²) in [5.41, 5.74) is 4.75. The van der Waals surface area contributed by atoms with E-state index < -0.39 is 0 Å². The molecule has 4 rings (SSSR count). The van der Waals surface area contributed by atoms with E-state index in [2.05, 4.69) is 23.6 Å². The molecule has 1 saturated heterocycles. The Hall–Kier alpha value is -3.36. The Labute approximate surface area is 223 Å². The van der Waals surface area contributed by atoms with Gasteiger partial charge in [-0.1, -0.05) is 29.8 Å². The van der Waals surface area contributed by atoms with Gasteiger partial charge >= 0.3 is 6.03 Å². The van der Waals surface area contributed by atoms with Crippen LogP contribution in [0.5, 0.6) is 0 Å². The molecular formula is C28H34ClN5O3. The highest BCUT2D eigenvalue weighted by Gasteiger charge is 2.25. The average molecular weight is 524 g/mol. The second kappa shape index (κ2) is 11.8. The Kier molecular flexibility index (Phi) is 8.51. The molecule has 1 atom stereocenters. The number of rotatable bonds is 8. The number of imidazole rings is 1. The van der Waals surface area contributed by atoms with Gasteiger partial charge < -0.3 is 15.0 Å². The van der Waals surface area contributed by atoms with Crippen molar-refractivity contribution in [3.8, 4) is 16.9 Å². The quantitative estimate of drug-likeness (QED) is 0.416. The Morgan fingerprint density at radius 3 is 2.57 bits per heavy atom. The summed E-state index contributed by atoms with van der Waals surface area (Å²) in [5, 5.41) is 6.45. The van der Waals surface area contributed by atoms with E-state index in [1.165, 1.54) is 10.5 Å². The summed E-state index contributed by atoms with van der Waals surface area (Å²) in [4.78, 5) is 32.3. The maximum Gasteiger partial charge on any atom is 0.318 e. The van der Waals surface area contributed by atoms with Gasteiger partial charge in [0, 0.05) is 41.7 Å². The number of anilines is 1. The molecule has 1 fully saturated rings. The van der Waals surface area contributed by atoms with Gasteiger partial charge in [-0.2, -0.15) is 0 Å². The Morgan fingerprint density at radius 2 is 1.92 bits per heavy atom. The van der Waals surface area contributed by atoms with Gasteiger partial charge in [0.05, 0.1) is 11.8 Å². The first-order valence-corrected chi connectivity index (χ1v) is 13.0. The standard InChI is InChI=1S/C28H34ClN5O3/c1-18(2)30-28(36)33(15-24-6-5-13-37-24)17-26(35)32-27-31-25(21-8-10-22(29)11-9-21)16-34(27)23-12-7-19(3)20(4)14-23/h7-12,14,16,18,24H,5-6,13,15,17H2,1-4H3,(H,30,36)(H,31,32,35)/t24-/m1/s1. The van der Waals surface area contributed by atoms with Gasteiger partial charge in [-0.15, -0.1) is 0 Å². The molecule has 0 unspecified atom stereocenters. The second-order valence-corrected chi connectivity index (χ2v) is 10.2. The number of nitrogens with zero attached hydrogens (tertiary/aromatic N) is 3. The highest BCUT2D eigenvalue weighted by molar-refractivity contribution is 6.30. The first kappa shape index (κ1) is 26.7. The van der Waals surface area contributed by atoms with Crippen LogP contribution < -0.4 is 10.6 Å². The van der Waals surface area contributed by atoms with Crippen molar-refractivity contribution in [2.24, 2.45) is 0 Å². The minimum Gasteiger partial charge on any atom is -0.376 e. The van der Waals surface area contributed by atoms with E-state index in [0.29, 0.717) is 29.8 Å². The highest BCUT2D eigenvalue weighted by atomic mass is 35.5. The minimum atomic E-state index is -0.338. The van der Waals surface area contributed by atoms with Gasteiger partial charge in [-0.05, 0) is 75.9 Å². The van der Waals surface area contributed by atoms with Crippen LogP contribution in [0.4, 0.5) is 10.7 Å². The van der Waals surface area contributed by atoms with Gasteiger partial charge in [0.25, 0.3) is 0 Å². The number of hydrogen-bond donors (Lipinski definition) is 2. The molecular weight excluding hydrogens is 490 g/mol. The molecule has 0 aliphatic carbocycles. The number of nitrogens with one attached hydrogen (secondary N) is 2. The molecule has 0 bridgehead atoms. The van der Waals surface area contributed by atoms with Crippen molar-refractivity contribution >= 4 is 29.5 Å². The monoisotopic (exact) mass is 523 g/mol. The normalized spacial score (nSPS) is 15.1. The lowest BCUT2D eigenvalue weighted by Gasteiger charge is -2.26. The number of halogens is 1. The zero-order valence-electron chi connectivity index (χ0n) is 21.8. The van der Waals surface area contributed by atoms with Crippen molar-refractivity contribution in [3.63, 3.8) is 0 Å². The zero-order valence-corrected chi connectivity index (χ0v) is 22.5. The van der Waals surface area contributed by atoms with E-state index in [4.69, 9.17) is 21.3 Å². The number of aromatic nitrogens is 2. The fraction of sp³-hybridized carbons (Fsp3) is 0.393. The van der Waals surface area contributed by atoms with Gasteiger partial charge in [0.1, 0.15) is 6.54 Å². The van der Waals surface area contributed by atoms with Crippen LogP contribution in [0.1, 0.15) is 37.8 Å². The van der Waals surface area contributed by atoms with Crippen LogP contribution in [0.2, 0.25) is 5.02 Å². The van der Waals surface area contributed by atoms with Gasteiger partial charge in [0.2, 0.25) is 11.9 Å². The number of aryl methyl sites for hydroxylation is 2. The SMILES string of the molecule is Cc1ccc(-n2cc(-c3ccc(Cl)cc3)nc2NC(=O)CN(C[C@H]2CCCO2)C(=O)NC(C)C)cc1C. The molecule has 1 aliphatic rings. The molecule has 8 nitrogen and oxygen atoms in total. The number of urea groups is 1. The van der Waals surface area contributed by atoms with Gasteiger partial charge in [0.15, 0.2) is 0 Å². The third-order valence-corrected chi connectivity index (χ3v) is 6.60. The maximum atomic E-state index is 13.2. The molecule has 2 N–H and O–H groups in total. The lowest BCUT2D eigenvalue weighted by atomic mass is 10.1. The molecule has 0 saturated carbocycles. The maximum absolute atomic E-state index is 13.2. The summed E-state index contributed by atoms with van der Waals surface area (Å²) in [5.74, 6) is 0.0368. The number of carbonyl (C=O) groups is 2. The predicted molar refractivity (Wildman–Crippen MR) is 146 cm³/mol. The second-order valence-electron chi connectivity index (χ2n) is 9.76. The zero-order chi connectivity index (χ0) is 26.5. The Morgan fingerprint density at radius 1 is 1.16 bits per heavy atom. The van der Waals surface area contributed by atoms with E-state index in [1.807, 2.05) is 55.8 Å². The van der Waals surface area contributed by atoms with Gasteiger partial charge in [-0.25, -0.2) is 9.78 Å². The number of benzene rings is 2. The first-order valence-electron chi connectivity index (χ1n) is 12.6. The fourth-order valence-corrected chi connectivity index (χ4v) is 4.36. The first-order chi connectivity index (χ1) is 17.7. The Balaban J connectivity index is 1.60. The summed E-state index contributed by atoms with van der Waals surface area (Å²) in [7, 11) is 0. The highest BCUT2D eigenvalue weighted by Crippen LogP contribution is 2.26. The molecule has 196 valence electrons. The summed E-state index contributed by atoms with van der Waals surface area (Å²) in [6.07, 6.45) is 3.64. The van der Waals surface area contributed by atoms with Crippen molar-refractivity contribution in [1.82, 2.24) is 19.8 Å². The molecule has 9 heteroatoms. The lowest BCUT2D eigenvalue weighted by molar-refractivity contribution is -0.117. The van der Waals surface area contributed by atoms with Crippen molar-refractivity contribution in [2.45, 2.75) is 52.7 Å². The molecule has 1 aromatic heterocycles. The van der Waals surface area contributed by atoms with E-state index in [0.717, 1.165) is 29.7 Å². The Bertz CT molecular complexity index is 1250. The summed E-state index contributed by atoms with van der Waals surface area (Å²) in [6, 6.07) is 13.1. The van der Waals surface area contributed by atoms with Crippen LogP contribution in [0.15, 0.2) is 48.7 Å². The van der Waals surface area contributed by atoms with Crippen LogP contribution in [0.3, 0.4) is 0 Å². The molecule has 37 heavy (non-hydrogen) atoms. The summed E-state index contributed by atoms with van der Waals surface area (Å²) in [6.45, 7) is 8.80. The fourth-order valence-electron chi connectivity index (χ4n) is 4.23. The van der Waals surface area contributed by atoms with E-state index in [9.17, 15) is 9.59 Å². The van der Waals surface area contributed by atoms with Crippen LogP contribution in [0, 0.1) is 13.8 Å². The van der Waals surface area contributed by atoms with Crippen LogP contribution in [0.25, 0.3) is 16.9 Å². The number of amides is 3. The van der Waals surface area contributed by atoms with Crippen LogP contribution in [-0.2, 0) is 9.53 Å². The van der Waals surface area contributed by atoms with Crippen LogP contribution >= 0.6 is 11.6 Å². The lowest BCUT2D eigenvalue weighted by Crippen LogP contribution is -2.49. The van der Waals surface area contributed by atoms with Crippen molar-refractivity contribution in [1.29, 1.82) is 0 Å². The molecule has 0 radical (unpaired) electrons. The van der Waals surface area contributed by atoms with E-state index in [1.54, 1.807) is 12.1 Å². The number of carbonyl (C=O) groups excluding carboxylic acids is 2. The molecule has 2 aromatic carbocycles. The van der Waals surface area contributed by atoms with Gasteiger partial charge in [-0.3, -0.25) is 14.7 Å². The largest absolute Gasteiger partial charge is 0.376 e. The van der Waals surface area contributed by atoms with E-state index in [-0.39, 0.29) is 30.6 Å². The molecule has 3 aromatic rings. The van der Waals surface area contributed by atoms with Crippen molar-refractivity contribution in [3.05, 3.63) is 64.8 Å². The third-order valence-electron chi connectivity index (χ3n) is 6.35. The predicted octanol–water partition coefficient (Wildman–Crippen LogP) is 5.35. The molecule has 3 amide bonds. The minimum absolute atomic E-state index is 0.0480. The number of ether oxygens (including phenoxy) is 1. The summed E-state index contributed by atoms with van der Waals surface area (Å²) >= 11 is 6.07. The van der Waals surface area contributed by atoms with Crippen LogP contribution in [-0.4, -0.2) is 58.2 Å². The molecule has 1 aliphatic heterocycles. The molecule has 2 heterocycles. The topological polar surface area (TPSA) is 88.5 Å². The molecule has 0 spiro atoms. The third kappa shape index (κ3) is 6.90. The average Bonchev–Trinajstić information content (AvgIpc) is 3.51. The number of hydrogen-bond acceptors (Lipinski definition) is 4.